The van der Waals surface area contributed by atoms with Gasteiger partial charge in [-0.2, -0.15) is 0 Å². The summed E-state index contributed by atoms with van der Waals surface area (Å²) in [5.41, 5.74) is 2.58. The summed E-state index contributed by atoms with van der Waals surface area (Å²) in [6.45, 7) is 5.78. The Bertz CT molecular complexity index is 937. The SMILES string of the molecule is CCCOc1cc(COc2ccc3[nH]cc(CC(=O)O)c3c2)cc(OCCC)c1. The monoisotopic (exact) mass is 397 g/mol. The first-order valence-electron chi connectivity index (χ1n) is 9.93. The number of carboxylic acids is 1. The first-order chi connectivity index (χ1) is 14.1. The molecule has 0 aliphatic heterocycles. The van der Waals surface area contributed by atoms with Crippen LogP contribution < -0.4 is 14.2 Å². The van der Waals surface area contributed by atoms with Crippen LogP contribution in [0.5, 0.6) is 17.2 Å². The number of hydrogen-bond acceptors (Lipinski definition) is 4. The van der Waals surface area contributed by atoms with Crippen LogP contribution in [-0.2, 0) is 17.8 Å². The van der Waals surface area contributed by atoms with Crippen LogP contribution in [-0.4, -0.2) is 29.3 Å². The standard InChI is InChI=1S/C23H27NO5/c1-3-7-27-19-9-16(10-20(12-19)28-8-4-2)15-29-18-5-6-22-21(13-18)17(14-24-22)11-23(25)26/h5-6,9-10,12-14,24H,3-4,7-8,11,15H2,1-2H3,(H,25,26). The van der Waals surface area contributed by atoms with Gasteiger partial charge in [-0.1, -0.05) is 13.8 Å². The van der Waals surface area contributed by atoms with Crippen LogP contribution in [0.2, 0.25) is 0 Å². The lowest BCUT2D eigenvalue weighted by molar-refractivity contribution is -0.136. The molecule has 29 heavy (non-hydrogen) atoms. The van der Waals surface area contributed by atoms with Crippen LogP contribution in [0.25, 0.3) is 10.9 Å². The Kier molecular flexibility index (Phi) is 7.00. The van der Waals surface area contributed by atoms with Crippen LogP contribution in [0.1, 0.15) is 37.8 Å². The maximum Gasteiger partial charge on any atom is 0.307 e. The summed E-state index contributed by atoms with van der Waals surface area (Å²) < 4.78 is 17.5. The zero-order chi connectivity index (χ0) is 20.6. The quantitative estimate of drug-likeness (QED) is 0.478. The second-order valence-corrected chi connectivity index (χ2v) is 6.89. The highest BCUT2D eigenvalue weighted by atomic mass is 16.5. The van der Waals surface area contributed by atoms with Gasteiger partial charge in [-0.25, -0.2) is 0 Å². The summed E-state index contributed by atoms with van der Waals surface area (Å²) in [5.74, 6) is 1.35. The van der Waals surface area contributed by atoms with Gasteiger partial charge in [0.25, 0.3) is 0 Å². The Labute approximate surface area is 170 Å². The fourth-order valence-corrected chi connectivity index (χ4v) is 3.04. The number of carbonyl (C=O) groups is 1. The van der Waals surface area contributed by atoms with Crippen LogP contribution >= 0.6 is 0 Å². The Morgan fingerprint density at radius 3 is 2.24 bits per heavy atom. The van der Waals surface area contributed by atoms with E-state index in [1.54, 1.807) is 6.20 Å². The van der Waals surface area contributed by atoms with Gasteiger partial charge in [-0.15, -0.1) is 0 Å². The molecule has 0 spiro atoms. The van der Waals surface area contributed by atoms with E-state index in [4.69, 9.17) is 19.3 Å². The van der Waals surface area contributed by atoms with E-state index >= 15 is 0 Å². The molecular formula is C23H27NO5. The molecule has 1 heterocycles. The largest absolute Gasteiger partial charge is 0.493 e. The van der Waals surface area contributed by atoms with Gasteiger partial charge in [0.05, 0.1) is 19.6 Å². The van der Waals surface area contributed by atoms with Crippen LogP contribution in [0, 0.1) is 0 Å². The minimum Gasteiger partial charge on any atom is -0.493 e. The number of H-pyrrole nitrogens is 1. The molecule has 0 fully saturated rings. The van der Waals surface area contributed by atoms with E-state index in [-0.39, 0.29) is 6.42 Å². The Balaban J connectivity index is 1.76. The third-order valence-electron chi connectivity index (χ3n) is 4.37. The second-order valence-electron chi connectivity index (χ2n) is 6.89. The molecule has 154 valence electrons. The molecule has 0 saturated heterocycles. The molecule has 0 aliphatic rings. The number of aromatic nitrogens is 1. The highest BCUT2D eigenvalue weighted by Crippen LogP contribution is 2.27. The number of rotatable bonds is 11. The van der Waals surface area contributed by atoms with Crippen molar-refractivity contribution >= 4 is 16.9 Å². The number of carboxylic acid groups (broad SMARTS) is 1. The van der Waals surface area contributed by atoms with Crippen LogP contribution in [0.3, 0.4) is 0 Å². The normalized spacial score (nSPS) is 10.8. The zero-order valence-electron chi connectivity index (χ0n) is 16.9. The van der Waals surface area contributed by atoms with Crippen molar-refractivity contribution in [1.82, 2.24) is 4.98 Å². The minimum atomic E-state index is -0.860. The van der Waals surface area contributed by atoms with Gasteiger partial charge in [0, 0.05) is 23.2 Å². The van der Waals surface area contributed by atoms with Gasteiger partial charge >= 0.3 is 5.97 Å². The minimum absolute atomic E-state index is 0.0294. The van der Waals surface area contributed by atoms with Gasteiger partial charge in [-0.3, -0.25) is 4.79 Å². The third-order valence-corrected chi connectivity index (χ3v) is 4.37. The number of fused-ring (bicyclic) bond motifs is 1. The summed E-state index contributed by atoms with van der Waals surface area (Å²) in [6.07, 6.45) is 3.56. The van der Waals surface area contributed by atoms with E-state index in [1.807, 2.05) is 36.4 Å². The number of hydrogen-bond donors (Lipinski definition) is 2. The molecule has 2 aromatic carbocycles. The van der Waals surface area contributed by atoms with Crippen molar-refractivity contribution < 1.29 is 24.1 Å². The Morgan fingerprint density at radius 1 is 0.931 bits per heavy atom. The van der Waals surface area contributed by atoms with Crippen LogP contribution in [0.15, 0.2) is 42.6 Å². The van der Waals surface area contributed by atoms with Crippen molar-refractivity contribution in [1.29, 1.82) is 0 Å². The lowest BCUT2D eigenvalue weighted by atomic mass is 10.1. The van der Waals surface area contributed by atoms with Crippen molar-refractivity contribution in [3.8, 4) is 17.2 Å². The maximum atomic E-state index is 11.1. The molecular weight excluding hydrogens is 370 g/mol. The first kappa shape index (κ1) is 20.6. The van der Waals surface area contributed by atoms with Gasteiger partial charge in [0.15, 0.2) is 0 Å². The number of ether oxygens (including phenoxy) is 3. The van der Waals surface area contributed by atoms with Crippen molar-refractivity contribution in [2.45, 2.75) is 39.7 Å². The van der Waals surface area contributed by atoms with Crippen molar-refractivity contribution in [3.63, 3.8) is 0 Å². The highest BCUT2D eigenvalue weighted by molar-refractivity contribution is 5.88. The Morgan fingerprint density at radius 2 is 1.62 bits per heavy atom. The summed E-state index contributed by atoms with van der Waals surface area (Å²) >= 11 is 0. The molecule has 0 aliphatic carbocycles. The van der Waals surface area contributed by atoms with Crippen molar-refractivity contribution in [2.75, 3.05) is 13.2 Å². The Hall–Kier alpha value is -3.15. The van der Waals surface area contributed by atoms with E-state index in [9.17, 15) is 4.79 Å². The molecule has 0 saturated carbocycles. The fourth-order valence-electron chi connectivity index (χ4n) is 3.04. The predicted molar refractivity (Wildman–Crippen MR) is 112 cm³/mol. The van der Waals surface area contributed by atoms with E-state index in [0.29, 0.717) is 25.6 Å². The molecule has 6 heteroatoms. The molecule has 0 radical (unpaired) electrons. The van der Waals surface area contributed by atoms with E-state index < -0.39 is 5.97 Å². The number of aromatic amines is 1. The predicted octanol–water partition coefficient (Wildman–Crippen LogP) is 4.95. The van der Waals surface area contributed by atoms with E-state index in [0.717, 1.165) is 46.4 Å². The number of nitrogens with one attached hydrogen (secondary N) is 1. The van der Waals surface area contributed by atoms with Crippen molar-refractivity contribution in [2.24, 2.45) is 0 Å². The smallest absolute Gasteiger partial charge is 0.307 e. The molecule has 0 atom stereocenters. The summed E-state index contributed by atoms with van der Waals surface area (Å²) in [4.78, 5) is 14.1. The maximum absolute atomic E-state index is 11.1. The third kappa shape index (κ3) is 5.67. The molecule has 0 unspecified atom stereocenters. The molecule has 2 N–H and O–H groups in total. The summed E-state index contributed by atoms with van der Waals surface area (Å²) in [5, 5.41) is 9.93. The molecule has 3 rings (SSSR count). The molecule has 1 aromatic heterocycles. The van der Waals surface area contributed by atoms with E-state index in [2.05, 4.69) is 18.8 Å². The fraction of sp³-hybridized carbons (Fsp3) is 0.348. The average molecular weight is 397 g/mol. The number of aliphatic carboxylic acids is 1. The van der Waals surface area contributed by atoms with Gasteiger partial charge < -0.3 is 24.3 Å². The van der Waals surface area contributed by atoms with Crippen molar-refractivity contribution in [3.05, 3.63) is 53.7 Å². The lowest BCUT2D eigenvalue weighted by Gasteiger charge is -2.13. The van der Waals surface area contributed by atoms with Gasteiger partial charge in [-0.05, 0) is 54.3 Å². The van der Waals surface area contributed by atoms with Gasteiger partial charge in [0.1, 0.15) is 23.9 Å². The zero-order valence-corrected chi connectivity index (χ0v) is 16.9. The number of benzene rings is 2. The first-order valence-corrected chi connectivity index (χ1v) is 9.93. The highest BCUT2D eigenvalue weighted by Gasteiger charge is 2.10. The summed E-state index contributed by atoms with van der Waals surface area (Å²) in [6, 6.07) is 11.5. The van der Waals surface area contributed by atoms with Gasteiger partial charge in [0.2, 0.25) is 0 Å². The molecule has 0 amide bonds. The molecule has 3 aromatic rings. The van der Waals surface area contributed by atoms with Crippen LogP contribution in [0.4, 0.5) is 0 Å². The molecule has 6 nitrogen and oxygen atoms in total. The van der Waals surface area contributed by atoms with E-state index in [1.165, 1.54) is 0 Å². The molecule has 0 bridgehead atoms. The topological polar surface area (TPSA) is 80.8 Å². The second kappa shape index (κ2) is 9.87. The average Bonchev–Trinajstić information content (AvgIpc) is 3.10. The lowest BCUT2D eigenvalue weighted by Crippen LogP contribution is -2.02. The summed E-state index contributed by atoms with van der Waals surface area (Å²) in [7, 11) is 0.